The highest BCUT2D eigenvalue weighted by atomic mass is 16.3. The lowest BCUT2D eigenvalue weighted by Crippen LogP contribution is -2.27. The van der Waals surface area contributed by atoms with Gasteiger partial charge in [-0.1, -0.05) is 54.6 Å². The zero-order chi connectivity index (χ0) is 26.6. The number of benzene rings is 3. The Bertz CT molecular complexity index is 1760. The maximum absolute atomic E-state index is 12.8. The van der Waals surface area contributed by atoms with Gasteiger partial charge < -0.3 is 15.7 Å². The van der Waals surface area contributed by atoms with Gasteiger partial charge in [0.25, 0.3) is 0 Å². The highest BCUT2D eigenvalue weighted by Crippen LogP contribution is 2.26. The second kappa shape index (κ2) is 10.6. The number of carbonyl (C=O) groups is 1. The number of rotatable bonds is 8. The first-order chi connectivity index (χ1) is 19.1. The fourth-order valence-corrected chi connectivity index (χ4v) is 4.69. The van der Waals surface area contributed by atoms with Crippen molar-refractivity contribution < 1.29 is 9.90 Å². The Hall–Kier alpha value is -5.24. The third kappa shape index (κ3) is 5.26. The summed E-state index contributed by atoms with van der Waals surface area (Å²) in [6.45, 7) is 0.522. The molecule has 0 spiro atoms. The summed E-state index contributed by atoms with van der Waals surface area (Å²) in [5.41, 5.74) is 2.92. The lowest BCUT2D eigenvalue weighted by molar-refractivity contribution is -0.120. The van der Waals surface area contributed by atoms with Gasteiger partial charge in [-0.15, -0.1) is 10.2 Å². The smallest absolute Gasteiger partial charge is 0.224 e. The third-order valence-corrected chi connectivity index (χ3v) is 6.64. The number of amides is 1. The molecule has 0 unspecified atom stereocenters. The summed E-state index contributed by atoms with van der Waals surface area (Å²) in [4.78, 5) is 17.2. The molecule has 192 valence electrons. The summed E-state index contributed by atoms with van der Waals surface area (Å²) in [6.07, 6.45) is 4.66. The number of pyridine rings is 1. The van der Waals surface area contributed by atoms with Crippen LogP contribution in [-0.4, -0.2) is 37.3 Å². The Balaban J connectivity index is 1.18. The highest BCUT2D eigenvalue weighted by molar-refractivity contribution is 5.93. The molecule has 6 aromatic rings. The number of hydrogen-bond donors (Lipinski definition) is 3. The Morgan fingerprint density at radius 3 is 2.46 bits per heavy atom. The number of hydrogen-bond acceptors (Lipinski definition) is 6. The molecule has 8 heteroatoms. The number of anilines is 2. The molecule has 3 N–H and O–H groups in total. The van der Waals surface area contributed by atoms with E-state index in [2.05, 4.69) is 25.8 Å². The molecule has 0 atom stereocenters. The number of phenolic OH excluding ortho intramolecular Hbond substituents is 1. The average molecular weight is 515 g/mol. The molecule has 0 aliphatic carbocycles. The zero-order valence-electron chi connectivity index (χ0n) is 21.1. The number of fused-ring (bicyclic) bond motifs is 2. The van der Waals surface area contributed by atoms with Crippen LogP contribution in [-0.2, 0) is 17.6 Å². The predicted octanol–water partition coefficient (Wildman–Crippen LogP) is 5.32. The normalized spacial score (nSPS) is 11.1. The molecule has 3 heterocycles. The van der Waals surface area contributed by atoms with E-state index in [9.17, 15) is 9.90 Å². The van der Waals surface area contributed by atoms with E-state index in [0.717, 1.165) is 38.6 Å². The van der Waals surface area contributed by atoms with E-state index in [-0.39, 0.29) is 18.1 Å². The molecule has 0 radical (unpaired) electrons. The minimum atomic E-state index is -0.0510. The van der Waals surface area contributed by atoms with Crippen LogP contribution in [0.3, 0.4) is 0 Å². The van der Waals surface area contributed by atoms with E-state index < -0.39 is 0 Å². The molecule has 0 saturated carbocycles. The average Bonchev–Trinajstić information content (AvgIpc) is 3.33. The van der Waals surface area contributed by atoms with Gasteiger partial charge in [0.2, 0.25) is 5.91 Å². The second-order valence-corrected chi connectivity index (χ2v) is 9.27. The molecule has 39 heavy (non-hydrogen) atoms. The Morgan fingerprint density at radius 1 is 0.846 bits per heavy atom. The van der Waals surface area contributed by atoms with Crippen LogP contribution in [0.15, 0.2) is 103 Å². The van der Waals surface area contributed by atoms with E-state index in [1.54, 1.807) is 18.3 Å². The molecule has 1 amide bonds. The van der Waals surface area contributed by atoms with Gasteiger partial charge in [0.1, 0.15) is 11.6 Å². The minimum Gasteiger partial charge on any atom is -0.508 e. The molecule has 3 aromatic carbocycles. The molecule has 0 bridgehead atoms. The number of aromatic hydroxyl groups is 1. The van der Waals surface area contributed by atoms with Gasteiger partial charge in [-0.25, -0.2) is 4.98 Å². The van der Waals surface area contributed by atoms with Crippen molar-refractivity contribution >= 4 is 39.2 Å². The van der Waals surface area contributed by atoms with Gasteiger partial charge in [-0.3, -0.25) is 9.36 Å². The quantitative estimate of drug-likeness (QED) is 0.254. The lowest BCUT2D eigenvalue weighted by Gasteiger charge is -2.08. The largest absolute Gasteiger partial charge is 0.508 e. The molecule has 3 aromatic heterocycles. The molecular weight excluding hydrogens is 488 g/mol. The first-order valence-electron chi connectivity index (χ1n) is 12.7. The maximum atomic E-state index is 12.8. The number of aromatic nitrogens is 4. The van der Waals surface area contributed by atoms with Crippen LogP contribution in [0.1, 0.15) is 11.1 Å². The lowest BCUT2D eigenvalue weighted by atomic mass is 10.1. The zero-order valence-corrected chi connectivity index (χ0v) is 21.1. The first-order valence-corrected chi connectivity index (χ1v) is 12.7. The van der Waals surface area contributed by atoms with Crippen molar-refractivity contribution in [2.75, 3.05) is 11.9 Å². The van der Waals surface area contributed by atoms with Crippen LogP contribution >= 0.6 is 0 Å². The van der Waals surface area contributed by atoms with Crippen LogP contribution in [0.25, 0.3) is 27.5 Å². The molecule has 0 aliphatic rings. The van der Waals surface area contributed by atoms with Gasteiger partial charge in [0, 0.05) is 29.7 Å². The van der Waals surface area contributed by atoms with Crippen LogP contribution < -0.4 is 10.6 Å². The van der Waals surface area contributed by atoms with E-state index in [0.29, 0.717) is 24.6 Å². The van der Waals surface area contributed by atoms with Gasteiger partial charge in [0.15, 0.2) is 11.6 Å². The molecule has 8 nitrogen and oxygen atoms in total. The van der Waals surface area contributed by atoms with Crippen molar-refractivity contribution in [1.82, 2.24) is 25.1 Å². The van der Waals surface area contributed by atoms with Crippen molar-refractivity contribution in [2.45, 2.75) is 12.8 Å². The number of nitrogens with one attached hydrogen (secondary N) is 2. The second-order valence-electron chi connectivity index (χ2n) is 9.27. The summed E-state index contributed by atoms with van der Waals surface area (Å²) in [6, 6.07) is 28.8. The number of phenols is 1. The molecular formula is C31H26N6O2. The van der Waals surface area contributed by atoms with Crippen LogP contribution in [0.4, 0.5) is 11.6 Å². The van der Waals surface area contributed by atoms with Crippen LogP contribution in [0.5, 0.6) is 5.75 Å². The molecule has 0 saturated heterocycles. The number of para-hydroxylation sites is 1. The number of carbonyl (C=O) groups excluding carboxylic acids is 1. The van der Waals surface area contributed by atoms with Gasteiger partial charge in [-0.2, -0.15) is 0 Å². The van der Waals surface area contributed by atoms with Crippen molar-refractivity contribution in [2.24, 2.45) is 0 Å². The van der Waals surface area contributed by atoms with E-state index in [4.69, 9.17) is 0 Å². The molecule has 6 rings (SSSR count). The van der Waals surface area contributed by atoms with E-state index in [1.165, 1.54) is 0 Å². The van der Waals surface area contributed by atoms with Gasteiger partial charge >= 0.3 is 0 Å². The Labute approximate surface area is 225 Å². The Kier molecular flexibility index (Phi) is 6.57. The topological polar surface area (TPSA) is 105 Å². The fourth-order valence-electron chi connectivity index (χ4n) is 4.69. The summed E-state index contributed by atoms with van der Waals surface area (Å²) in [7, 11) is 0. The van der Waals surface area contributed by atoms with Gasteiger partial charge in [-0.05, 0) is 59.3 Å². The monoisotopic (exact) mass is 514 g/mol. The van der Waals surface area contributed by atoms with Gasteiger partial charge in [0.05, 0.1) is 11.9 Å². The summed E-state index contributed by atoms with van der Waals surface area (Å²) < 4.78 is 1.96. The Morgan fingerprint density at radius 2 is 1.64 bits per heavy atom. The third-order valence-electron chi connectivity index (χ3n) is 6.64. The summed E-state index contributed by atoms with van der Waals surface area (Å²) in [5, 5.41) is 27.6. The fraction of sp³-hybridized carbons (Fsp3) is 0.0968. The van der Waals surface area contributed by atoms with Crippen molar-refractivity contribution in [1.29, 1.82) is 0 Å². The highest BCUT2D eigenvalue weighted by Gasteiger charge is 2.14. The summed E-state index contributed by atoms with van der Waals surface area (Å²) >= 11 is 0. The molecule has 0 aliphatic heterocycles. The maximum Gasteiger partial charge on any atom is 0.224 e. The first kappa shape index (κ1) is 24.1. The van der Waals surface area contributed by atoms with E-state index >= 15 is 0 Å². The summed E-state index contributed by atoms with van der Waals surface area (Å²) in [5.74, 6) is 2.15. The van der Waals surface area contributed by atoms with Crippen LogP contribution in [0, 0.1) is 0 Å². The minimum absolute atomic E-state index is 0.0510. The number of nitrogens with zero attached hydrogens (tertiary/aromatic N) is 4. The SMILES string of the molecule is O=C(Cc1cn(-c2ccc(Nc3nccc4ccccc34)nn2)c2ccccc12)NCCc1ccc(O)cc1. The van der Waals surface area contributed by atoms with Crippen molar-refractivity contribution in [3.8, 4) is 11.6 Å². The predicted molar refractivity (Wildman–Crippen MR) is 152 cm³/mol. The van der Waals surface area contributed by atoms with Crippen molar-refractivity contribution in [3.05, 3.63) is 115 Å². The van der Waals surface area contributed by atoms with Crippen LogP contribution in [0.2, 0.25) is 0 Å². The van der Waals surface area contributed by atoms with Crippen molar-refractivity contribution in [3.63, 3.8) is 0 Å². The molecule has 0 fully saturated rings. The standard InChI is InChI=1S/C31H26N6O2/c38-24-11-9-21(10-12-24)15-17-32-30(39)19-23-20-37(27-8-4-3-6-25(23)27)29-14-13-28(35-36-29)34-31-26-7-2-1-5-22(26)16-18-33-31/h1-14,16,18,20,38H,15,17,19H2,(H,32,39)(H,33,34,35). The van der Waals surface area contributed by atoms with E-state index in [1.807, 2.05) is 89.6 Å².